The Morgan fingerprint density at radius 3 is 2.47 bits per heavy atom. The van der Waals surface area contributed by atoms with E-state index in [0.717, 1.165) is 12.8 Å². The average molecular weight is 445 g/mol. The van der Waals surface area contributed by atoms with E-state index < -0.39 is 58.1 Å². The molecule has 2 aliphatic heterocycles. The number of aromatic hydroxyl groups is 1. The Morgan fingerprint density at radius 2 is 1.75 bits per heavy atom. The quantitative estimate of drug-likeness (QED) is 0.754. The molecule has 10 heteroatoms. The van der Waals surface area contributed by atoms with Crippen LogP contribution in [0.1, 0.15) is 39.3 Å². The van der Waals surface area contributed by atoms with E-state index in [1.54, 1.807) is 4.90 Å². The minimum atomic E-state index is -1.17. The average Bonchev–Trinajstić information content (AvgIpc) is 3.34. The molecule has 3 heterocycles. The molecule has 2 amide bonds. The van der Waals surface area contributed by atoms with Gasteiger partial charge in [-0.3, -0.25) is 14.4 Å². The van der Waals surface area contributed by atoms with Gasteiger partial charge in [0.2, 0.25) is 5.43 Å². The van der Waals surface area contributed by atoms with Crippen molar-refractivity contribution in [2.24, 2.45) is 17.8 Å². The summed E-state index contributed by atoms with van der Waals surface area (Å²) >= 11 is 0. The van der Waals surface area contributed by atoms with Gasteiger partial charge in [-0.15, -0.1) is 0 Å². The molecule has 5 atom stereocenters. The molecule has 7 nitrogen and oxygen atoms in total. The van der Waals surface area contributed by atoms with Crippen LogP contribution in [0.2, 0.25) is 0 Å². The maximum Gasteiger partial charge on any atom is 0.275 e. The smallest absolute Gasteiger partial charge is 0.275 e. The molecule has 6 rings (SSSR count). The fourth-order valence-corrected chi connectivity index (χ4v) is 6.05. The first-order chi connectivity index (χ1) is 15.3. The molecular formula is C22H18F3N3O4. The van der Waals surface area contributed by atoms with Crippen molar-refractivity contribution < 1.29 is 27.9 Å². The lowest BCUT2D eigenvalue weighted by atomic mass is 9.94. The van der Waals surface area contributed by atoms with Crippen LogP contribution in [0.5, 0.6) is 5.75 Å². The van der Waals surface area contributed by atoms with Crippen LogP contribution in [0.15, 0.2) is 23.1 Å². The van der Waals surface area contributed by atoms with Crippen LogP contribution in [0.3, 0.4) is 0 Å². The molecule has 3 fully saturated rings. The lowest BCUT2D eigenvalue weighted by Gasteiger charge is -2.40. The normalized spacial score (nSPS) is 28.9. The second kappa shape index (κ2) is 6.36. The van der Waals surface area contributed by atoms with Crippen molar-refractivity contribution in [3.63, 3.8) is 0 Å². The van der Waals surface area contributed by atoms with Gasteiger partial charge in [0, 0.05) is 43.0 Å². The van der Waals surface area contributed by atoms with Gasteiger partial charge in [0.25, 0.3) is 11.8 Å². The van der Waals surface area contributed by atoms with E-state index in [9.17, 15) is 32.7 Å². The predicted molar refractivity (Wildman–Crippen MR) is 103 cm³/mol. The summed E-state index contributed by atoms with van der Waals surface area (Å²) in [5.74, 6) is -4.11. The Morgan fingerprint density at radius 1 is 1.06 bits per heavy atom. The Balaban J connectivity index is 1.30. The van der Waals surface area contributed by atoms with Crippen LogP contribution < -0.4 is 10.7 Å². The standard InChI is InChI=1S/C22H18F3N3O4/c23-8-1-14(24)12(15(25)2-8)5-26-21(31)13-6-27-7-17-11-4-16(10-3-9(10)11)28(17)22(32)18(27)20(30)19(13)29/h1-2,6,9-11,16-17,30H,3-5,7H2,(H,26,31)/t9-,10+,11?,16+,17+/m1/s1. The number of hydrogen-bond donors (Lipinski definition) is 2. The maximum absolute atomic E-state index is 13.8. The van der Waals surface area contributed by atoms with Crippen LogP contribution in [-0.2, 0) is 13.1 Å². The molecule has 32 heavy (non-hydrogen) atoms. The number of halogens is 3. The molecule has 0 radical (unpaired) electrons. The number of aromatic nitrogens is 1. The molecule has 1 aromatic heterocycles. The van der Waals surface area contributed by atoms with E-state index in [4.69, 9.17) is 0 Å². The summed E-state index contributed by atoms with van der Waals surface area (Å²) in [5, 5.41) is 12.7. The summed E-state index contributed by atoms with van der Waals surface area (Å²) in [5.41, 5.74) is -2.17. The number of fused-ring (bicyclic) bond motifs is 9. The molecule has 1 aromatic carbocycles. The fraction of sp³-hybridized carbons (Fsp3) is 0.409. The minimum Gasteiger partial charge on any atom is -0.503 e. The zero-order chi connectivity index (χ0) is 22.5. The van der Waals surface area contributed by atoms with Crippen molar-refractivity contribution in [3.05, 3.63) is 62.8 Å². The van der Waals surface area contributed by atoms with Gasteiger partial charge in [-0.05, 0) is 30.6 Å². The third kappa shape index (κ3) is 2.52. The van der Waals surface area contributed by atoms with Gasteiger partial charge in [0.1, 0.15) is 23.0 Å². The summed E-state index contributed by atoms with van der Waals surface area (Å²) in [4.78, 5) is 40.2. The van der Waals surface area contributed by atoms with E-state index in [0.29, 0.717) is 36.4 Å². The number of pyridine rings is 1. The van der Waals surface area contributed by atoms with E-state index >= 15 is 0 Å². The Bertz CT molecular complexity index is 1250. The van der Waals surface area contributed by atoms with Crippen LogP contribution in [0, 0.1) is 35.2 Å². The molecule has 166 valence electrons. The summed E-state index contributed by atoms with van der Waals surface area (Å²) in [6, 6.07) is 1.08. The number of amides is 2. The second-order valence-corrected chi connectivity index (χ2v) is 9.06. The van der Waals surface area contributed by atoms with Gasteiger partial charge in [0.15, 0.2) is 11.4 Å². The number of nitrogens with zero attached hydrogens (tertiary/aromatic N) is 2. The van der Waals surface area contributed by atoms with Crippen LogP contribution >= 0.6 is 0 Å². The van der Waals surface area contributed by atoms with Crippen molar-refractivity contribution in [1.29, 1.82) is 0 Å². The highest BCUT2D eigenvalue weighted by molar-refractivity contribution is 5.99. The van der Waals surface area contributed by atoms with Gasteiger partial charge < -0.3 is 19.9 Å². The van der Waals surface area contributed by atoms with Crippen LogP contribution in [-0.4, -0.2) is 38.5 Å². The molecule has 2 saturated carbocycles. The zero-order valence-electron chi connectivity index (χ0n) is 16.6. The molecule has 4 aliphatic rings. The largest absolute Gasteiger partial charge is 0.503 e. The number of carbonyl (C=O) groups excluding carboxylic acids is 2. The summed E-state index contributed by atoms with van der Waals surface area (Å²) in [6.45, 7) is -0.262. The highest BCUT2D eigenvalue weighted by Gasteiger charge is 2.66. The number of piperidine rings is 1. The Hall–Kier alpha value is -3.30. The number of hydrogen-bond acceptors (Lipinski definition) is 4. The van der Waals surface area contributed by atoms with Crippen molar-refractivity contribution in [1.82, 2.24) is 14.8 Å². The lowest BCUT2D eigenvalue weighted by Crippen LogP contribution is -2.53. The monoisotopic (exact) mass is 445 g/mol. The zero-order valence-corrected chi connectivity index (χ0v) is 16.6. The first-order valence-corrected chi connectivity index (χ1v) is 10.5. The Kier molecular flexibility index (Phi) is 3.86. The SMILES string of the molecule is O=C(NCc1c(F)cc(F)cc1F)c1cn2c(c(O)c1=O)C(=O)N1[C@@H](C2)C2C[C@H]1[C@H]1C[C@@H]21. The number of nitrogens with one attached hydrogen (secondary N) is 1. The van der Waals surface area contributed by atoms with Crippen molar-refractivity contribution in [3.8, 4) is 5.75 Å². The van der Waals surface area contributed by atoms with E-state index in [1.165, 1.54) is 10.8 Å². The van der Waals surface area contributed by atoms with Crippen molar-refractivity contribution in [2.75, 3.05) is 0 Å². The molecule has 2 bridgehead atoms. The third-order valence-corrected chi connectivity index (χ3v) is 7.51. The Labute approximate surface area is 179 Å². The van der Waals surface area contributed by atoms with Gasteiger partial charge in [-0.25, -0.2) is 13.2 Å². The highest BCUT2D eigenvalue weighted by atomic mass is 19.1. The molecular weight excluding hydrogens is 427 g/mol. The maximum atomic E-state index is 13.8. The molecule has 2 N–H and O–H groups in total. The van der Waals surface area contributed by atoms with Crippen molar-refractivity contribution in [2.45, 2.75) is 38.0 Å². The third-order valence-electron chi connectivity index (χ3n) is 7.51. The minimum absolute atomic E-state index is 0.0380. The van der Waals surface area contributed by atoms with Crippen LogP contribution in [0.4, 0.5) is 13.2 Å². The van der Waals surface area contributed by atoms with E-state index in [1.807, 2.05) is 0 Å². The molecule has 1 saturated heterocycles. The van der Waals surface area contributed by atoms with Gasteiger partial charge >= 0.3 is 0 Å². The second-order valence-electron chi connectivity index (χ2n) is 9.06. The van der Waals surface area contributed by atoms with Crippen molar-refractivity contribution >= 4 is 11.8 Å². The lowest BCUT2D eigenvalue weighted by molar-refractivity contribution is 0.0465. The van der Waals surface area contributed by atoms with Gasteiger partial charge in [-0.1, -0.05) is 0 Å². The number of carbonyl (C=O) groups is 2. The van der Waals surface area contributed by atoms with E-state index in [-0.39, 0.29) is 17.8 Å². The molecule has 2 aliphatic carbocycles. The molecule has 0 spiro atoms. The first-order valence-electron chi connectivity index (χ1n) is 10.5. The summed E-state index contributed by atoms with van der Waals surface area (Å²) in [7, 11) is 0. The highest BCUT2D eigenvalue weighted by Crippen LogP contribution is 2.64. The molecule has 1 unspecified atom stereocenters. The summed E-state index contributed by atoms with van der Waals surface area (Å²) in [6.07, 6.45) is 3.24. The summed E-state index contributed by atoms with van der Waals surface area (Å²) < 4.78 is 42.2. The fourth-order valence-electron chi connectivity index (χ4n) is 6.05. The molecule has 2 aromatic rings. The number of rotatable bonds is 3. The first kappa shape index (κ1) is 19.4. The van der Waals surface area contributed by atoms with Crippen LogP contribution in [0.25, 0.3) is 0 Å². The van der Waals surface area contributed by atoms with Gasteiger partial charge in [-0.2, -0.15) is 0 Å². The van der Waals surface area contributed by atoms with Gasteiger partial charge in [0.05, 0.1) is 6.04 Å². The number of benzene rings is 1. The van der Waals surface area contributed by atoms with E-state index in [2.05, 4.69) is 5.32 Å². The predicted octanol–water partition coefficient (Wildman–Crippen LogP) is 1.76. The topological polar surface area (TPSA) is 91.6 Å².